The van der Waals surface area contributed by atoms with Gasteiger partial charge in [0.1, 0.15) is 0 Å². The number of sulfone groups is 1. The van der Waals surface area contributed by atoms with Crippen LogP contribution in [0.5, 0.6) is 0 Å². The third-order valence-corrected chi connectivity index (χ3v) is 6.74. The lowest BCUT2D eigenvalue weighted by Crippen LogP contribution is -2.22. The lowest BCUT2D eigenvalue weighted by Gasteiger charge is -2.13. The van der Waals surface area contributed by atoms with Gasteiger partial charge in [0.05, 0.1) is 20.5 Å². The van der Waals surface area contributed by atoms with Crippen molar-refractivity contribution < 1.29 is 21.6 Å². The van der Waals surface area contributed by atoms with Gasteiger partial charge in [-0.2, -0.15) is 0 Å². The molecule has 2 aromatic rings. The van der Waals surface area contributed by atoms with Gasteiger partial charge in [-0.05, 0) is 36.4 Å². The highest BCUT2D eigenvalue weighted by Gasteiger charge is 2.19. The number of halogens is 1. The number of amides is 1. The van der Waals surface area contributed by atoms with Gasteiger partial charge < -0.3 is 5.32 Å². The Morgan fingerprint density at radius 3 is 2.23 bits per heavy atom. The standard InChI is InChI=1S/C16H17ClN2O5S2/c1-19(2)26(23,24)13-6-4-5-11(9-13)16(20)18-15-10-12(25(3,21)22)7-8-14(15)17/h4-10H,1-3H3,(H,18,20). The van der Waals surface area contributed by atoms with Crippen molar-refractivity contribution in [3.05, 3.63) is 53.1 Å². The summed E-state index contributed by atoms with van der Waals surface area (Å²) >= 11 is 6.01. The minimum Gasteiger partial charge on any atom is -0.321 e. The van der Waals surface area contributed by atoms with Gasteiger partial charge in [0.15, 0.2) is 9.84 Å². The van der Waals surface area contributed by atoms with Gasteiger partial charge in [-0.3, -0.25) is 4.79 Å². The maximum absolute atomic E-state index is 12.4. The maximum atomic E-state index is 12.4. The number of anilines is 1. The molecule has 26 heavy (non-hydrogen) atoms. The van der Waals surface area contributed by atoms with Crippen molar-refractivity contribution in [3.8, 4) is 0 Å². The van der Waals surface area contributed by atoms with Crippen LogP contribution in [0.3, 0.4) is 0 Å². The Morgan fingerprint density at radius 1 is 1.00 bits per heavy atom. The van der Waals surface area contributed by atoms with Crippen LogP contribution >= 0.6 is 11.6 Å². The first-order valence-corrected chi connectivity index (χ1v) is 11.0. The minimum absolute atomic E-state index is 0.00105. The van der Waals surface area contributed by atoms with E-state index in [9.17, 15) is 21.6 Å². The molecule has 0 fully saturated rings. The molecule has 0 atom stereocenters. The minimum atomic E-state index is -3.69. The van der Waals surface area contributed by atoms with Crippen LogP contribution in [0.25, 0.3) is 0 Å². The van der Waals surface area contributed by atoms with Crippen LogP contribution < -0.4 is 5.32 Å². The number of hydrogen-bond donors (Lipinski definition) is 1. The number of carbonyl (C=O) groups excluding carboxylic acids is 1. The summed E-state index contributed by atoms with van der Waals surface area (Å²) in [5.41, 5.74) is 0.203. The van der Waals surface area contributed by atoms with Gasteiger partial charge in [0.25, 0.3) is 5.91 Å². The molecule has 1 amide bonds. The topological polar surface area (TPSA) is 101 Å². The summed E-state index contributed by atoms with van der Waals surface area (Å²) in [6, 6.07) is 9.44. The first-order valence-electron chi connectivity index (χ1n) is 7.26. The molecule has 1 N–H and O–H groups in total. The number of sulfonamides is 1. The molecule has 2 rings (SSSR count). The monoisotopic (exact) mass is 416 g/mol. The van der Waals surface area contributed by atoms with Crippen LogP contribution in [-0.2, 0) is 19.9 Å². The zero-order valence-electron chi connectivity index (χ0n) is 14.2. The number of benzene rings is 2. The first-order chi connectivity index (χ1) is 11.9. The maximum Gasteiger partial charge on any atom is 0.255 e. The summed E-state index contributed by atoms with van der Waals surface area (Å²) in [6.45, 7) is 0. The second-order valence-corrected chi connectivity index (χ2v) is 10.3. The molecule has 0 aliphatic rings. The van der Waals surface area contributed by atoms with E-state index in [0.29, 0.717) is 0 Å². The summed E-state index contributed by atoms with van der Waals surface area (Å²) in [5.74, 6) is -0.617. The largest absolute Gasteiger partial charge is 0.321 e. The highest BCUT2D eigenvalue weighted by molar-refractivity contribution is 7.90. The number of carbonyl (C=O) groups is 1. The van der Waals surface area contributed by atoms with Crippen LogP contribution in [0, 0.1) is 0 Å². The summed E-state index contributed by atoms with van der Waals surface area (Å²) in [6.07, 6.45) is 1.04. The normalized spacial score (nSPS) is 12.2. The third-order valence-electron chi connectivity index (χ3n) is 3.49. The van der Waals surface area contributed by atoms with Crippen LogP contribution in [-0.4, -0.2) is 47.4 Å². The lowest BCUT2D eigenvalue weighted by molar-refractivity contribution is 0.102. The SMILES string of the molecule is CN(C)S(=O)(=O)c1cccc(C(=O)Nc2cc(S(C)(=O)=O)ccc2Cl)c1. The molecule has 0 radical (unpaired) electrons. The molecule has 0 bridgehead atoms. The Hall–Kier alpha value is -1.94. The molecule has 140 valence electrons. The van der Waals surface area contributed by atoms with E-state index in [1.54, 1.807) is 0 Å². The molecule has 0 unspecified atom stereocenters. The Bertz CT molecular complexity index is 1060. The van der Waals surface area contributed by atoms with Crippen LogP contribution in [0.15, 0.2) is 52.3 Å². The van der Waals surface area contributed by atoms with Crippen LogP contribution in [0.1, 0.15) is 10.4 Å². The van der Waals surface area contributed by atoms with E-state index in [0.717, 1.165) is 10.6 Å². The molecule has 2 aromatic carbocycles. The average molecular weight is 417 g/mol. The molecular formula is C16H17ClN2O5S2. The Kier molecular flexibility index (Phi) is 5.76. The van der Waals surface area contributed by atoms with E-state index >= 15 is 0 Å². The van der Waals surface area contributed by atoms with Crippen molar-refractivity contribution in [2.45, 2.75) is 9.79 Å². The second kappa shape index (κ2) is 7.36. The molecule has 7 nitrogen and oxygen atoms in total. The fraction of sp³-hybridized carbons (Fsp3) is 0.188. The number of hydrogen-bond acceptors (Lipinski definition) is 5. The zero-order valence-corrected chi connectivity index (χ0v) is 16.6. The number of rotatable bonds is 5. The second-order valence-electron chi connectivity index (χ2n) is 5.68. The predicted octanol–water partition coefficient (Wildman–Crippen LogP) is 2.25. The van der Waals surface area contributed by atoms with Gasteiger partial charge in [0, 0.05) is 25.9 Å². The number of nitrogens with one attached hydrogen (secondary N) is 1. The molecule has 0 aliphatic heterocycles. The van der Waals surface area contributed by atoms with Crippen molar-refractivity contribution in [3.63, 3.8) is 0 Å². The van der Waals surface area contributed by atoms with Crippen LogP contribution in [0.4, 0.5) is 5.69 Å². The van der Waals surface area contributed by atoms with Gasteiger partial charge >= 0.3 is 0 Å². The zero-order chi connectivity index (χ0) is 19.7. The van der Waals surface area contributed by atoms with E-state index < -0.39 is 25.8 Å². The fourth-order valence-electron chi connectivity index (χ4n) is 2.03. The molecule has 0 heterocycles. The summed E-state index contributed by atoms with van der Waals surface area (Å²) < 4.78 is 48.7. The highest BCUT2D eigenvalue weighted by Crippen LogP contribution is 2.26. The molecule has 0 saturated heterocycles. The summed E-state index contributed by atoms with van der Waals surface area (Å²) in [4.78, 5) is 12.4. The van der Waals surface area contributed by atoms with E-state index in [2.05, 4.69) is 5.32 Å². The van der Waals surface area contributed by atoms with Crippen molar-refractivity contribution in [2.24, 2.45) is 0 Å². The summed E-state index contributed by atoms with van der Waals surface area (Å²) in [7, 11) is -4.39. The van der Waals surface area contributed by atoms with Gasteiger partial charge in [-0.25, -0.2) is 21.1 Å². The van der Waals surface area contributed by atoms with Gasteiger partial charge in [0.2, 0.25) is 10.0 Å². The Morgan fingerprint density at radius 2 is 1.65 bits per heavy atom. The van der Waals surface area contributed by atoms with E-state index in [1.165, 1.54) is 56.6 Å². The Balaban J connectivity index is 2.38. The van der Waals surface area contributed by atoms with Crippen LogP contribution in [0.2, 0.25) is 5.02 Å². The third kappa shape index (κ3) is 4.42. The van der Waals surface area contributed by atoms with Crippen molar-refractivity contribution >= 4 is 43.1 Å². The molecule has 0 aromatic heterocycles. The van der Waals surface area contributed by atoms with Crippen molar-refractivity contribution in [1.82, 2.24) is 4.31 Å². The average Bonchev–Trinajstić information content (AvgIpc) is 2.55. The summed E-state index contributed by atoms with van der Waals surface area (Å²) in [5, 5.41) is 2.66. The van der Waals surface area contributed by atoms with E-state index in [4.69, 9.17) is 11.6 Å². The van der Waals surface area contributed by atoms with Gasteiger partial charge in [-0.1, -0.05) is 17.7 Å². The molecule has 0 saturated carbocycles. The van der Waals surface area contributed by atoms with Gasteiger partial charge in [-0.15, -0.1) is 0 Å². The first kappa shape index (κ1) is 20.4. The van der Waals surface area contributed by atoms with E-state index in [1.807, 2.05) is 0 Å². The fourth-order valence-corrected chi connectivity index (χ4v) is 3.79. The molecular weight excluding hydrogens is 400 g/mol. The van der Waals surface area contributed by atoms with E-state index in [-0.39, 0.29) is 26.1 Å². The lowest BCUT2D eigenvalue weighted by atomic mass is 10.2. The number of nitrogens with zero attached hydrogens (tertiary/aromatic N) is 1. The smallest absolute Gasteiger partial charge is 0.255 e. The Labute approximate surface area is 157 Å². The molecule has 0 spiro atoms. The molecule has 0 aliphatic carbocycles. The molecule has 10 heteroatoms. The quantitative estimate of drug-likeness (QED) is 0.805. The predicted molar refractivity (Wildman–Crippen MR) is 99.8 cm³/mol. The van der Waals surface area contributed by atoms with Crippen molar-refractivity contribution in [2.75, 3.05) is 25.7 Å². The van der Waals surface area contributed by atoms with Crippen molar-refractivity contribution in [1.29, 1.82) is 0 Å². The highest BCUT2D eigenvalue weighted by atomic mass is 35.5.